The Bertz CT molecular complexity index is 54.7. The molecule has 0 spiro atoms. The summed E-state index contributed by atoms with van der Waals surface area (Å²) in [7, 11) is -1.02. The van der Waals surface area contributed by atoms with E-state index in [1.54, 1.807) is 6.08 Å². The predicted molar refractivity (Wildman–Crippen MR) is 31.2 cm³/mol. The summed E-state index contributed by atoms with van der Waals surface area (Å²) in [5.74, 6) is 0. The van der Waals surface area contributed by atoms with Crippen molar-refractivity contribution < 1.29 is 9.09 Å². The van der Waals surface area contributed by atoms with Crippen LogP contribution in [0.25, 0.3) is 0 Å². The molecule has 0 radical (unpaired) electrons. The standard InChI is InChI=1S/C4H9O2P/c1-2-3-4-6-7-5/h2H,1,3-4,7H2. The molecule has 42 valence electrons. The van der Waals surface area contributed by atoms with E-state index in [4.69, 9.17) is 0 Å². The van der Waals surface area contributed by atoms with Crippen molar-refractivity contribution in [3.63, 3.8) is 0 Å². The first-order chi connectivity index (χ1) is 3.41. The molecule has 0 heterocycles. The van der Waals surface area contributed by atoms with Crippen molar-refractivity contribution in [1.29, 1.82) is 0 Å². The fraction of sp³-hybridized carbons (Fsp3) is 0.500. The summed E-state index contributed by atoms with van der Waals surface area (Å²) in [4.78, 5) is 0. The Morgan fingerprint density at radius 2 is 2.57 bits per heavy atom. The summed E-state index contributed by atoms with van der Waals surface area (Å²) in [6, 6.07) is 0. The summed E-state index contributed by atoms with van der Waals surface area (Å²) in [5.41, 5.74) is 0. The Morgan fingerprint density at radius 1 is 1.86 bits per heavy atom. The van der Waals surface area contributed by atoms with Gasteiger partial charge in [0.15, 0.2) is 8.69 Å². The van der Waals surface area contributed by atoms with Crippen molar-refractivity contribution in [1.82, 2.24) is 0 Å². The van der Waals surface area contributed by atoms with Gasteiger partial charge in [-0.1, -0.05) is 6.08 Å². The van der Waals surface area contributed by atoms with E-state index in [-0.39, 0.29) is 0 Å². The first kappa shape index (κ1) is 6.93. The average Bonchev–Trinajstić information content (AvgIpc) is 1.69. The van der Waals surface area contributed by atoms with Gasteiger partial charge in [-0.2, -0.15) is 0 Å². The van der Waals surface area contributed by atoms with Crippen LogP contribution >= 0.6 is 8.69 Å². The zero-order valence-electron chi connectivity index (χ0n) is 4.09. The lowest BCUT2D eigenvalue weighted by Crippen LogP contribution is -1.76. The number of hydrogen-bond acceptors (Lipinski definition) is 2. The maximum Gasteiger partial charge on any atom is 0.179 e. The van der Waals surface area contributed by atoms with E-state index in [2.05, 4.69) is 11.1 Å². The minimum atomic E-state index is -1.02. The molecule has 0 aromatic heterocycles. The predicted octanol–water partition coefficient (Wildman–Crippen LogP) is 1.25. The summed E-state index contributed by atoms with van der Waals surface area (Å²) in [6.07, 6.45) is 2.52. The third-order valence-electron chi connectivity index (χ3n) is 0.508. The Morgan fingerprint density at radius 3 is 3.00 bits per heavy atom. The van der Waals surface area contributed by atoms with Gasteiger partial charge in [0.1, 0.15) is 0 Å². The molecule has 0 amide bonds. The van der Waals surface area contributed by atoms with Gasteiger partial charge in [-0.15, -0.1) is 6.58 Å². The van der Waals surface area contributed by atoms with Crippen LogP contribution in [-0.4, -0.2) is 6.61 Å². The molecule has 0 saturated heterocycles. The monoisotopic (exact) mass is 120 g/mol. The highest BCUT2D eigenvalue weighted by molar-refractivity contribution is 7.17. The molecule has 0 bridgehead atoms. The molecule has 0 fully saturated rings. The van der Waals surface area contributed by atoms with Crippen LogP contribution in [0.15, 0.2) is 12.7 Å². The average molecular weight is 120 g/mol. The molecule has 0 saturated carbocycles. The van der Waals surface area contributed by atoms with Crippen LogP contribution in [0.5, 0.6) is 0 Å². The van der Waals surface area contributed by atoms with E-state index in [9.17, 15) is 4.57 Å². The zero-order valence-corrected chi connectivity index (χ0v) is 5.25. The van der Waals surface area contributed by atoms with Crippen molar-refractivity contribution in [3.8, 4) is 0 Å². The first-order valence-electron chi connectivity index (χ1n) is 2.08. The summed E-state index contributed by atoms with van der Waals surface area (Å²) >= 11 is 0. The quantitative estimate of drug-likeness (QED) is 0.317. The van der Waals surface area contributed by atoms with Gasteiger partial charge in [-0.05, 0) is 6.42 Å². The van der Waals surface area contributed by atoms with Gasteiger partial charge in [-0.25, -0.2) is 0 Å². The maximum atomic E-state index is 9.63. The molecule has 0 aliphatic heterocycles. The second-order valence-electron chi connectivity index (χ2n) is 1.04. The zero-order chi connectivity index (χ0) is 5.54. The van der Waals surface area contributed by atoms with Crippen LogP contribution in [0.1, 0.15) is 6.42 Å². The van der Waals surface area contributed by atoms with Gasteiger partial charge in [0.2, 0.25) is 0 Å². The van der Waals surface area contributed by atoms with Gasteiger partial charge in [0, 0.05) is 0 Å². The first-order valence-corrected chi connectivity index (χ1v) is 3.02. The van der Waals surface area contributed by atoms with E-state index in [0.29, 0.717) is 6.61 Å². The van der Waals surface area contributed by atoms with Crippen LogP contribution in [0.2, 0.25) is 0 Å². The minimum Gasteiger partial charge on any atom is -0.332 e. The van der Waals surface area contributed by atoms with Crippen molar-refractivity contribution in [2.24, 2.45) is 0 Å². The number of hydrogen-bond donors (Lipinski definition) is 0. The van der Waals surface area contributed by atoms with Crippen LogP contribution < -0.4 is 0 Å². The lowest BCUT2D eigenvalue weighted by atomic mass is 10.5. The second-order valence-corrected chi connectivity index (χ2v) is 1.57. The third kappa shape index (κ3) is 5.93. The second kappa shape index (κ2) is 5.93. The Hall–Kier alpha value is -0.0700. The minimum absolute atomic E-state index is 0.544. The SMILES string of the molecule is C=CCCO[PH2]=O. The molecule has 3 heteroatoms. The van der Waals surface area contributed by atoms with Gasteiger partial charge in [0.05, 0.1) is 6.61 Å². The van der Waals surface area contributed by atoms with Crippen molar-refractivity contribution in [3.05, 3.63) is 12.7 Å². The van der Waals surface area contributed by atoms with Gasteiger partial charge < -0.3 is 4.52 Å². The van der Waals surface area contributed by atoms with Gasteiger partial charge >= 0.3 is 0 Å². The van der Waals surface area contributed by atoms with Crippen molar-refractivity contribution in [2.45, 2.75) is 6.42 Å². The highest BCUT2D eigenvalue weighted by atomic mass is 31.1. The topological polar surface area (TPSA) is 26.3 Å². The Labute approximate surface area is 44.5 Å². The van der Waals surface area contributed by atoms with E-state index in [1.165, 1.54) is 0 Å². The van der Waals surface area contributed by atoms with Gasteiger partial charge in [0.25, 0.3) is 0 Å². The van der Waals surface area contributed by atoms with E-state index < -0.39 is 8.69 Å². The van der Waals surface area contributed by atoms with Crippen LogP contribution in [0, 0.1) is 0 Å². The molecule has 0 aromatic carbocycles. The molecule has 1 atom stereocenters. The molecule has 0 rings (SSSR count). The number of rotatable bonds is 4. The molecule has 1 unspecified atom stereocenters. The van der Waals surface area contributed by atoms with Crippen LogP contribution in [0.3, 0.4) is 0 Å². The lowest BCUT2D eigenvalue weighted by molar-refractivity contribution is 0.350. The van der Waals surface area contributed by atoms with Crippen molar-refractivity contribution in [2.75, 3.05) is 6.61 Å². The fourth-order valence-corrected chi connectivity index (χ4v) is 0.432. The molecule has 0 aliphatic carbocycles. The molecule has 0 N–H and O–H groups in total. The normalized spacial score (nSPS) is 10.3. The fourth-order valence-electron chi connectivity index (χ4n) is 0.199. The van der Waals surface area contributed by atoms with Crippen LogP contribution in [0.4, 0.5) is 0 Å². The molecule has 7 heavy (non-hydrogen) atoms. The molecular formula is C4H9O2P. The van der Waals surface area contributed by atoms with Gasteiger partial charge in [-0.3, -0.25) is 4.57 Å². The lowest BCUT2D eigenvalue weighted by Gasteiger charge is -1.86. The summed E-state index contributed by atoms with van der Waals surface area (Å²) in [6.45, 7) is 4.00. The Kier molecular flexibility index (Phi) is 5.87. The summed E-state index contributed by atoms with van der Waals surface area (Å²) < 4.78 is 14.2. The summed E-state index contributed by atoms with van der Waals surface area (Å²) in [5, 5.41) is 0. The van der Waals surface area contributed by atoms with E-state index in [0.717, 1.165) is 6.42 Å². The molecule has 2 nitrogen and oxygen atoms in total. The Balaban J connectivity index is 2.68. The van der Waals surface area contributed by atoms with E-state index >= 15 is 0 Å². The molecule has 0 aliphatic rings. The maximum absolute atomic E-state index is 9.63. The largest absolute Gasteiger partial charge is 0.332 e. The third-order valence-corrected chi connectivity index (χ3v) is 0.880. The highest BCUT2D eigenvalue weighted by Crippen LogP contribution is 1.94. The van der Waals surface area contributed by atoms with Crippen molar-refractivity contribution >= 4 is 8.69 Å². The molecular weight excluding hydrogens is 111 g/mol. The van der Waals surface area contributed by atoms with E-state index in [1.807, 2.05) is 0 Å². The molecule has 0 aromatic rings. The van der Waals surface area contributed by atoms with Crippen LogP contribution in [-0.2, 0) is 9.09 Å². The highest BCUT2D eigenvalue weighted by Gasteiger charge is 1.74. The smallest absolute Gasteiger partial charge is 0.179 e.